The molecule has 0 aliphatic rings. The van der Waals surface area contributed by atoms with Gasteiger partial charge in [0.1, 0.15) is 17.0 Å². The zero-order chi connectivity index (χ0) is 21.2. The molecule has 7 heteroatoms. The standard InChI is InChI=1S/C25H17N3O2S.ClH/c29-25(30)19-10-12-20(13-11-19)28-23-22-21(14-31-24(22)27-15-26-23)18-8-6-17(7-9-18)16-4-2-1-3-5-16;/h1-15H,(H,29,30)(H,26,27,28);1H. The Morgan fingerprint density at radius 3 is 2.16 bits per heavy atom. The second-order valence-corrected chi connectivity index (χ2v) is 7.86. The van der Waals surface area contributed by atoms with Gasteiger partial charge in [-0.15, -0.1) is 23.7 Å². The summed E-state index contributed by atoms with van der Waals surface area (Å²) in [5, 5.41) is 15.4. The topological polar surface area (TPSA) is 75.1 Å². The highest BCUT2D eigenvalue weighted by atomic mass is 35.5. The fourth-order valence-electron chi connectivity index (χ4n) is 3.49. The minimum atomic E-state index is -0.949. The SMILES string of the molecule is Cl.O=C(O)c1ccc(Nc2ncnc3scc(-c4ccc(-c5ccccc5)cc4)c23)cc1. The summed E-state index contributed by atoms with van der Waals surface area (Å²) in [5.41, 5.74) is 5.50. The predicted octanol–water partition coefficient (Wildman–Crippen LogP) is 6.89. The molecule has 0 unspecified atom stereocenters. The van der Waals surface area contributed by atoms with Gasteiger partial charge in [0.05, 0.1) is 10.9 Å². The molecule has 3 aromatic carbocycles. The zero-order valence-corrected chi connectivity index (χ0v) is 18.4. The Morgan fingerprint density at radius 1 is 0.812 bits per heavy atom. The van der Waals surface area contributed by atoms with E-state index >= 15 is 0 Å². The van der Waals surface area contributed by atoms with E-state index in [2.05, 4.69) is 57.1 Å². The second kappa shape index (κ2) is 9.18. The molecule has 0 fully saturated rings. The number of hydrogen-bond donors (Lipinski definition) is 2. The number of benzene rings is 3. The van der Waals surface area contributed by atoms with Crippen molar-refractivity contribution < 1.29 is 9.90 Å². The summed E-state index contributed by atoms with van der Waals surface area (Å²) in [5.74, 6) is -0.258. The smallest absolute Gasteiger partial charge is 0.335 e. The number of aromatic carboxylic acids is 1. The van der Waals surface area contributed by atoms with E-state index in [-0.39, 0.29) is 18.0 Å². The third-order valence-electron chi connectivity index (χ3n) is 5.07. The van der Waals surface area contributed by atoms with Crippen molar-refractivity contribution in [1.29, 1.82) is 0 Å². The number of rotatable bonds is 5. The lowest BCUT2D eigenvalue weighted by Gasteiger charge is -2.09. The van der Waals surface area contributed by atoms with Crippen LogP contribution in [0.3, 0.4) is 0 Å². The van der Waals surface area contributed by atoms with Crippen molar-refractivity contribution in [3.8, 4) is 22.3 Å². The molecule has 0 amide bonds. The monoisotopic (exact) mass is 459 g/mol. The molecule has 32 heavy (non-hydrogen) atoms. The number of carbonyl (C=O) groups is 1. The summed E-state index contributed by atoms with van der Waals surface area (Å²) in [6, 6.07) is 25.4. The van der Waals surface area contributed by atoms with E-state index in [0.717, 1.165) is 32.6 Å². The van der Waals surface area contributed by atoms with Gasteiger partial charge in [-0.25, -0.2) is 14.8 Å². The maximum atomic E-state index is 11.1. The van der Waals surface area contributed by atoms with Gasteiger partial charge in [-0.05, 0) is 41.0 Å². The Balaban J connectivity index is 0.00000245. The van der Waals surface area contributed by atoms with E-state index in [9.17, 15) is 4.79 Å². The summed E-state index contributed by atoms with van der Waals surface area (Å²) in [4.78, 5) is 20.9. The lowest BCUT2D eigenvalue weighted by Crippen LogP contribution is -1.98. The van der Waals surface area contributed by atoms with Crippen LogP contribution in [0.2, 0.25) is 0 Å². The molecule has 5 nitrogen and oxygen atoms in total. The number of carboxylic acids is 1. The molecule has 5 rings (SSSR count). The fourth-order valence-corrected chi connectivity index (χ4v) is 4.40. The van der Waals surface area contributed by atoms with Crippen molar-refractivity contribution >= 4 is 51.4 Å². The van der Waals surface area contributed by atoms with Gasteiger partial charge in [-0.1, -0.05) is 54.6 Å². The highest BCUT2D eigenvalue weighted by Gasteiger charge is 2.14. The molecule has 158 valence electrons. The molecule has 0 saturated heterocycles. The third-order valence-corrected chi connectivity index (χ3v) is 5.95. The Morgan fingerprint density at radius 2 is 1.47 bits per heavy atom. The van der Waals surface area contributed by atoms with Crippen LogP contribution in [0.1, 0.15) is 10.4 Å². The number of nitrogens with zero attached hydrogens (tertiary/aromatic N) is 2. The van der Waals surface area contributed by atoms with E-state index < -0.39 is 5.97 Å². The molecule has 0 aliphatic heterocycles. The lowest BCUT2D eigenvalue weighted by atomic mass is 10.0. The molecule has 0 aliphatic carbocycles. The van der Waals surface area contributed by atoms with Crippen molar-refractivity contribution in [2.75, 3.05) is 5.32 Å². The maximum absolute atomic E-state index is 11.1. The number of halogens is 1. The molecule has 0 atom stereocenters. The predicted molar refractivity (Wildman–Crippen MR) is 132 cm³/mol. The number of nitrogens with one attached hydrogen (secondary N) is 1. The number of carboxylic acid groups (broad SMARTS) is 1. The summed E-state index contributed by atoms with van der Waals surface area (Å²) in [7, 11) is 0. The van der Waals surface area contributed by atoms with Gasteiger partial charge in [-0.2, -0.15) is 0 Å². The van der Waals surface area contributed by atoms with E-state index in [1.54, 1.807) is 35.6 Å². The molecule has 0 bridgehead atoms. The highest BCUT2D eigenvalue weighted by Crippen LogP contribution is 2.38. The van der Waals surface area contributed by atoms with Crippen LogP contribution in [0, 0.1) is 0 Å². The first-order valence-corrected chi connectivity index (χ1v) is 10.6. The van der Waals surface area contributed by atoms with Gasteiger partial charge >= 0.3 is 5.97 Å². The van der Waals surface area contributed by atoms with Gasteiger partial charge in [0.25, 0.3) is 0 Å². The van der Waals surface area contributed by atoms with Gasteiger partial charge in [0, 0.05) is 16.6 Å². The molecule has 2 heterocycles. The van der Waals surface area contributed by atoms with E-state index in [4.69, 9.17) is 5.11 Å². The van der Waals surface area contributed by atoms with Crippen molar-refractivity contribution in [2.24, 2.45) is 0 Å². The zero-order valence-electron chi connectivity index (χ0n) is 16.7. The van der Waals surface area contributed by atoms with Crippen molar-refractivity contribution in [2.45, 2.75) is 0 Å². The molecule has 0 saturated carbocycles. The van der Waals surface area contributed by atoms with Gasteiger partial charge < -0.3 is 10.4 Å². The Labute approximate surface area is 194 Å². The van der Waals surface area contributed by atoms with Crippen LogP contribution in [-0.4, -0.2) is 21.0 Å². The van der Waals surface area contributed by atoms with E-state index in [1.807, 2.05) is 18.2 Å². The van der Waals surface area contributed by atoms with Crippen molar-refractivity contribution in [3.63, 3.8) is 0 Å². The molecule has 5 aromatic rings. The lowest BCUT2D eigenvalue weighted by molar-refractivity contribution is 0.0697. The Kier molecular flexibility index (Phi) is 6.16. The summed E-state index contributed by atoms with van der Waals surface area (Å²) in [6.45, 7) is 0. The number of thiophene rings is 1. The molecular weight excluding hydrogens is 442 g/mol. The summed E-state index contributed by atoms with van der Waals surface area (Å²) >= 11 is 1.57. The molecule has 0 radical (unpaired) electrons. The number of fused-ring (bicyclic) bond motifs is 1. The van der Waals surface area contributed by atoms with Crippen LogP contribution in [0.25, 0.3) is 32.5 Å². The largest absolute Gasteiger partial charge is 0.478 e. The number of anilines is 2. The van der Waals surface area contributed by atoms with Crippen LogP contribution in [-0.2, 0) is 0 Å². The van der Waals surface area contributed by atoms with Crippen LogP contribution in [0.5, 0.6) is 0 Å². The second-order valence-electron chi connectivity index (χ2n) is 7.00. The van der Waals surface area contributed by atoms with Gasteiger partial charge in [-0.3, -0.25) is 0 Å². The van der Waals surface area contributed by atoms with Gasteiger partial charge in [0.15, 0.2) is 0 Å². The van der Waals surface area contributed by atoms with Crippen LogP contribution in [0.4, 0.5) is 11.5 Å². The molecule has 2 N–H and O–H groups in total. The number of aromatic nitrogens is 2. The Bertz CT molecular complexity index is 1370. The summed E-state index contributed by atoms with van der Waals surface area (Å²) < 4.78 is 0. The normalized spacial score (nSPS) is 10.5. The van der Waals surface area contributed by atoms with Crippen LogP contribution in [0.15, 0.2) is 90.6 Å². The Hall–Kier alpha value is -3.74. The molecule has 2 aromatic heterocycles. The average molecular weight is 460 g/mol. The van der Waals surface area contributed by atoms with Gasteiger partial charge in [0.2, 0.25) is 0 Å². The summed E-state index contributed by atoms with van der Waals surface area (Å²) in [6.07, 6.45) is 1.54. The van der Waals surface area contributed by atoms with E-state index in [0.29, 0.717) is 5.82 Å². The fraction of sp³-hybridized carbons (Fsp3) is 0. The van der Waals surface area contributed by atoms with Crippen LogP contribution < -0.4 is 5.32 Å². The molecular formula is C25H18ClN3O2S. The van der Waals surface area contributed by atoms with Crippen molar-refractivity contribution in [3.05, 3.63) is 96.1 Å². The maximum Gasteiger partial charge on any atom is 0.335 e. The molecule has 0 spiro atoms. The first-order valence-electron chi connectivity index (χ1n) is 9.67. The third kappa shape index (κ3) is 4.19. The number of hydrogen-bond acceptors (Lipinski definition) is 5. The first kappa shape index (κ1) is 21.5. The minimum Gasteiger partial charge on any atom is -0.478 e. The van der Waals surface area contributed by atoms with Crippen LogP contribution >= 0.6 is 23.7 Å². The first-order chi connectivity index (χ1) is 15.2. The highest BCUT2D eigenvalue weighted by molar-refractivity contribution is 7.17. The average Bonchev–Trinajstić information content (AvgIpc) is 3.25. The van der Waals surface area contributed by atoms with E-state index in [1.165, 1.54) is 11.9 Å². The minimum absolute atomic E-state index is 0. The van der Waals surface area contributed by atoms with Crippen molar-refractivity contribution in [1.82, 2.24) is 9.97 Å². The quantitative estimate of drug-likeness (QED) is 0.299.